The predicted molar refractivity (Wildman–Crippen MR) is 104 cm³/mol. The molecule has 0 aliphatic rings. The van der Waals surface area contributed by atoms with Crippen LogP contribution in [0.3, 0.4) is 0 Å². The maximum absolute atomic E-state index is 12.8. The Morgan fingerprint density at radius 3 is 2.39 bits per heavy atom. The molecule has 0 atom stereocenters. The number of benzene rings is 2. The average molecular weight is 406 g/mol. The van der Waals surface area contributed by atoms with Gasteiger partial charge in [0.15, 0.2) is 0 Å². The van der Waals surface area contributed by atoms with Crippen LogP contribution in [0.15, 0.2) is 41.3 Å². The second kappa shape index (κ2) is 8.75. The van der Waals surface area contributed by atoms with E-state index >= 15 is 0 Å². The highest BCUT2D eigenvalue weighted by Gasteiger charge is 2.20. The van der Waals surface area contributed by atoms with Gasteiger partial charge in [-0.3, -0.25) is 9.52 Å². The van der Waals surface area contributed by atoms with E-state index in [4.69, 9.17) is 9.47 Å². The molecular formula is C19H22N2O6S. The number of anilines is 1. The minimum Gasteiger partial charge on any atom is -0.496 e. The molecule has 0 fully saturated rings. The van der Waals surface area contributed by atoms with Crippen molar-refractivity contribution < 1.29 is 27.5 Å². The molecule has 2 aromatic carbocycles. The van der Waals surface area contributed by atoms with Gasteiger partial charge in [0.1, 0.15) is 5.75 Å². The number of aryl methyl sites for hydroxylation is 1. The molecule has 0 heterocycles. The van der Waals surface area contributed by atoms with Gasteiger partial charge in [-0.2, -0.15) is 0 Å². The van der Waals surface area contributed by atoms with Gasteiger partial charge in [0, 0.05) is 7.05 Å². The third-order valence-electron chi connectivity index (χ3n) is 3.93. The highest BCUT2D eigenvalue weighted by atomic mass is 32.2. The monoisotopic (exact) mass is 406 g/mol. The van der Waals surface area contributed by atoms with Crippen molar-refractivity contribution in [2.75, 3.05) is 25.5 Å². The lowest BCUT2D eigenvalue weighted by Crippen LogP contribution is -2.20. The smallest absolute Gasteiger partial charge is 0.338 e. The molecule has 0 spiro atoms. The molecule has 2 N–H and O–H groups in total. The van der Waals surface area contributed by atoms with E-state index in [9.17, 15) is 18.0 Å². The molecule has 0 saturated carbocycles. The number of ether oxygens (including phenoxy) is 2. The van der Waals surface area contributed by atoms with Crippen LogP contribution in [0.5, 0.6) is 5.75 Å². The van der Waals surface area contributed by atoms with Crippen LogP contribution >= 0.6 is 0 Å². The second-order valence-electron chi connectivity index (χ2n) is 5.80. The third kappa shape index (κ3) is 4.61. The number of carbonyl (C=O) groups is 2. The van der Waals surface area contributed by atoms with E-state index in [1.165, 1.54) is 44.5 Å². The minimum absolute atomic E-state index is 0.0965. The predicted octanol–water partition coefficient (Wildman–Crippen LogP) is 2.34. The van der Waals surface area contributed by atoms with E-state index in [0.29, 0.717) is 16.8 Å². The number of rotatable bonds is 7. The van der Waals surface area contributed by atoms with Crippen molar-refractivity contribution in [1.29, 1.82) is 0 Å². The van der Waals surface area contributed by atoms with Gasteiger partial charge in [-0.05, 0) is 55.8 Å². The molecule has 150 valence electrons. The van der Waals surface area contributed by atoms with E-state index in [1.54, 1.807) is 19.9 Å². The lowest BCUT2D eigenvalue weighted by molar-refractivity contribution is 0.0526. The van der Waals surface area contributed by atoms with Crippen LogP contribution in [-0.4, -0.2) is 41.1 Å². The number of methoxy groups -OCH3 is 1. The summed E-state index contributed by atoms with van der Waals surface area (Å²) in [6.07, 6.45) is 0. The number of carbonyl (C=O) groups excluding carboxylic acids is 2. The van der Waals surface area contributed by atoms with Crippen LogP contribution in [0.2, 0.25) is 0 Å². The molecule has 0 saturated heterocycles. The lowest BCUT2D eigenvalue weighted by atomic mass is 10.1. The molecule has 0 unspecified atom stereocenters. The van der Waals surface area contributed by atoms with Crippen molar-refractivity contribution in [3.05, 3.63) is 53.1 Å². The zero-order valence-corrected chi connectivity index (χ0v) is 16.8. The van der Waals surface area contributed by atoms with Crippen LogP contribution in [0.25, 0.3) is 0 Å². The Morgan fingerprint density at radius 1 is 1.11 bits per heavy atom. The Labute approximate surface area is 163 Å². The van der Waals surface area contributed by atoms with E-state index < -0.39 is 21.9 Å². The van der Waals surface area contributed by atoms with Crippen molar-refractivity contribution in [2.24, 2.45) is 0 Å². The van der Waals surface area contributed by atoms with Gasteiger partial charge in [0.25, 0.3) is 15.9 Å². The number of amides is 1. The highest BCUT2D eigenvalue weighted by molar-refractivity contribution is 7.92. The largest absolute Gasteiger partial charge is 0.496 e. The van der Waals surface area contributed by atoms with Gasteiger partial charge in [-0.25, -0.2) is 13.2 Å². The van der Waals surface area contributed by atoms with Gasteiger partial charge in [-0.15, -0.1) is 0 Å². The van der Waals surface area contributed by atoms with Crippen LogP contribution < -0.4 is 14.8 Å². The normalized spacial score (nSPS) is 10.9. The van der Waals surface area contributed by atoms with Crippen molar-refractivity contribution in [3.63, 3.8) is 0 Å². The molecule has 0 aliphatic carbocycles. The summed E-state index contributed by atoms with van der Waals surface area (Å²) in [7, 11) is -1.14. The summed E-state index contributed by atoms with van der Waals surface area (Å²) in [5.74, 6) is -0.692. The summed E-state index contributed by atoms with van der Waals surface area (Å²) in [6, 6.07) is 8.50. The number of sulfonamides is 1. The third-order valence-corrected chi connectivity index (χ3v) is 5.30. The van der Waals surface area contributed by atoms with Gasteiger partial charge in [-0.1, -0.05) is 0 Å². The van der Waals surface area contributed by atoms with E-state index in [-0.39, 0.29) is 22.8 Å². The zero-order chi connectivity index (χ0) is 20.9. The number of esters is 1. The first-order chi connectivity index (χ1) is 13.2. The molecule has 9 heteroatoms. The van der Waals surface area contributed by atoms with Gasteiger partial charge >= 0.3 is 5.97 Å². The average Bonchev–Trinajstić information content (AvgIpc) is 2.68. The standard InChI is InChI=1S/C19H22N2O6S/c1-5-27-19(23)13-6-8-16(12(2)10-13)21-28(24,25)14-7-9-17(26-4)15(11-14)18(22)20-3/h6-11,21H,5H2,1-4H3,(H,20,22). The summed E-state index contributed by atoms with van der Waals surface area (Å²) < 4.78 is 38.0. The highest BCUT2D eigenvalue weighted by Crippen LogP contribution is 2.25. The molecule has 2 rings (SSSR count). The summed E-state index contributed by atoms with van der Waals surface area (Å²) in [6.45, 7) is 3.62. The SMILES string of the molecule is CCOC(=O)c1ccc(NS(=O)(=O)c2ccc(OC)c(C(=O)NC)c2)c(C)c1. The quantitative estimate of drug-likeness (QED) is 0.683. The molecule has 2 aromatic rings. The molecular weight excluding hydrogens is 384 g/mol. The first-order valence-electron chi connectivity index (χ1n) is 8.44. The Morgan fingerprint density at radius 2 is 1.82 bits per heavy atom. The van der Waals surface area contributed by atoms with Gasteiger partial charge in [0.2, 0.25) is 0 Å². The molecule has 0 aliphatic heterocycles. The summed E-state index contributed by atoms with van der Waals surface area (Å²) in [5.41, 5.74) is 1.29. The molecule has 0 bridgehead atoms. The van der Waals surface area contributed by atoms with Gasteiger partial charge in [0.05, 0.1) is 35.4 Å². The Kier molecular flexibility index (Phi) is 6.63. The van der Waals surface area contributed by atoms with E-state index in [1.807, 2.05) is 0 Å². The van der Waals surface area contributed by atoms with Crippen LogP contribution in [0.4, 0.5) is 5.69 Å². The van der Waals surface area contributed by atoms with Crippen molar-refractivity contribution in [3.8, 4) is 5.75 Å². The van der Waals surface area contributed by atoms with Crippen molar-refractivity contribution in [2.45, 2.75) is 18.7 Å². The first kappa shape index (κ1) is 21.2. The van der Waals surface area contributed by atoms with Crippen molar-refractivity contribution in [1.82, 2.24) is 5.32 Å². The topological polar surface area (TPSA) is 111 Å². The Bertz CT molecular complexity index is 1000. The van der Waals surface area contributed by atoms with E-state index in [2.05, 4.69) is 10.0 Å². The molecule has 0 radical (unpaired) electrons. The number of hydrogen-bond acceptors (Lipinski definition) is 6. The maximum Gasteiger partial charge on any atom is 0.338 e. The second-order valence-corrected chi connectivity index (χ2v) is 7.48. The fourth-order valence-corrected chi connectivity index (χ4v) is 3.65. The molecule has 8 nitrogen and oxygen atoms in total. The zero-order valence-electron chi connectivity index (χ0n) is 16.0. The van der Waals surface area contributed by atoms with Crippen LogP contribution in [-0.2, 0) is 14.8 Å². The molecule has 0 aromatic heterocycles. The fraction of sp³-hybridized carbons (Fsp3) is 0.263. The number of nitrogens with one attached hydrogen (secondary N) is 2. The number of hydrogen-bond donors (Lipinski definition) is 2. The summed E-state index contributed by atoms with van der Waals surface area (Å²) in [5, 5.41) is 2.44. The molecule has 28 heavy (non-hydrogen) atoms. The van der Waals surface area contributed by atoms with E-state index in [0.717, 1.165) is 0 Å². The van der Waals surface area contributed by atoms with Crippen LogP contribution in [0.1, 0.15) is 33.2 Å². The Balaban J connectivity index is 2.36. The fourth-order valence-electron chi connectivity index (χ4n) is 2.49. The maximum atomic E-state index is 12.8. The summed E-state index contributed by atoms with van der Waals surface area (Å²) in [4.78, 5) is 23.7. The van der Waals surface area contributed by atoms with Gasteiger partial charge < -0.3 is 14.8 Å². The lowest BCUT2D eigenvalue weighted by Gasteiger charge is -2.13. The summed E-state index contributed by atoms with van der Waals surface area (Å²) >= 11 is 0. The Hall–Kier alpha value is -3.07. The van der Waals surface area contributed by atoms with Crippen molar-refractivity contribution >= 4 is 27.6 Å². The molecule has 1 amide bonds. The first-order valence-corrected chi connectivity index (χ1v) is 9.92. The van der Waals surface area contributed by atoms with Crippen LogP contribution in [0, 0.1) is 6.92 Å². The minimum atomic E-state index is -3.97.